The summed E-state index contributed by atoms with van der Waals surface area (Å²) in [7, 11) is 0. The molecule has 8 heteroatoms. The number of carbonyl (C=O) groups is 3. The van der Waals surface area contributed by atoms with Crippen LogP contribution in [0.5, 0.6) is 0 Å². The van der Waals surface area contributed by atoms with Crippen molar-refractivity contribution in [1.82, 2.24) is 14.9 Å². The largest absolute Gasteiger partial charge is 0.366 e. The predicted molar refractivity (Wildman–Crippen MR) is 123 cm³/mol. The van der Waals surface area contributed by atoms with Gasteiger partial charge in [0, 0.05) is 18.4 Å². The van der Waals surface area contributed by atoms with E-state index in [0.29, 0.717) is 6.54 Å². The maximum absolute atomic E-state index is 12.9. The number of nitrogens with two attached hydrogens (primary N) is 1. The summed E-state index contributed by atoms with van der Waals surface area (Å²) >= 11 is 0. The molecular weight excluding hydrogens is 406 g/mol. The van der Waals surface area contributed by atoms with Gasteiger partial charge in [-0.25, -0.2) is 0 Å². The van der Waals surface area contributed by atoms with Crippen molar-refractivity contribution in [2.24, 2.45) is 5.73 Å². The average molecular weight is 434 g/mol. The molecule has 2 aromatic rings. The number of pyridine rings is 2. The first-order valence-electron chi connectivity index (χ1n) is 10.4. The Kier molecular flexibility index (Phi) is 7.14. The summed E-state index contributed by atoms with van der Waals surface area (Å²) in [4.78, 5) is 46.8. The van der Waals surface area contributed by atoms with Gasteiger partial charge in [0.25, 0.3) is 0 Å². The Hall–Kier alpha value is -3.81. The van der Waals surface area contributed by atoms with Crippen LogP contribution >= 0.6 is 0 Å². The molecule has 1 atom stereocenters. The van der Waals surface area contributed by atoms with Gasteiger partial charge in [-0.2, -0.15) is 0 Å². The van der Waals surface area contributed by atoms with E-state index in [-0.39, 0.29) is 17.3 Å². The Morgan fingerprint density at radius 1 is 1.22 bits per heavy atom. The number of piperidine rings is 1. The molecule has 3 N–H and O–H groups in total. The highest BCUT2D eigenvalue weighted by atomic mass is 16.2. The Morgan fingerprint density at radius 2 is 2.00 bits per heavy atom. The molecule has 0 unspecified atom stereocenters. The van der Waals surface area contributed by atoms with Crippen LogP contribution in [0.1, 0.15) is 46.6 Å². The van der Waals surface area contributed by atoms with E-state index in [1.807, 2.05) is 38.1 Å². The maximum Gasteiger partial charge on any atom is 0.313 e. The van der Waals surface area contributed by atoms with Crippen molar-refractivity contribution in [2.45, 2.75) is 39.2 Å². The zero-order valence-corrected chi connectivity index (χ0v) is 18.3. The van der Waals surface area contributed by atoms with Gasteiger partial charge in [0.2, 0.25) is 5.91 Å². The van der Waals surface area contributed by atoms with Crippen LogP contribution < -0.4 is 11.1 Å². The highest BCUT2D eigenvalue weighted by Crippen LogP contribution is 2.24. The van der Waals surface area contributed by atoms with Crippen LogP contribution in [0.3, 0.4) is 0 Å². The lowest BCUT2D eigenvalue weighted by atomic mass is 9.95. The molecule has 1 aliphatic rings. The minimum atomic E-state index is -0.798. The summed E-state index contributed by atoms with van der Waals surface area (Å²) in [6.45, 7) is 8.53. The first kappa shape index (κ1) is 22.9. The van der Waals surface area contributed by atoms with Crippen LogP contribution in [0, 0.1) is 13.8 Å². The minimum absolute atomic E-state index is 0.143. The quantitative estimate of drug-likeness (QED) is 0.555. The van der Waals surface area contributed by atoms with Gasteiger partial charge in [0.15, 0.2) is 0 Å². The molecule has 1 aliphatic heterocycles. The van der Waals surface area contributed by atoms with E-state index in [2.05, 4.69) is 21.9 Å². The van der Waals surface area contributed by atoms with E-state index in [4.69, 9.17) is 5.73 Å². The van der Waals surface area contributed by atoms with Crippen molar-refractivity contribution >= 4 is 29.5 Å². The van der Waals surface area contributed by atoms with Crippen LogP contribution in [-0.2, 0) is 9.59 Å². The molecule has 3 heterocycles. The lowest BCUT2D eigenvalue weighted by molar-refractivity contribution is -0.145. The smallest absolute Gasteiger partial charge is 0.313 e. The Balaban J connectivity index is 1.73. The summed E-state index contributed by atoms with van der Waals surface area (Å²) in [6.07, 6.45) is 8.87. The lowest BCUT2D eigenvalue weighted by Crippen LogP contribution is -2.48. The van der Waals surface area contributed by atoms with Gasteiger partial charge in [-0.15, -0.1) is 0 Å². The first-order valence-corrected chi connectivity index (χ1v) is 10.4. The molecule has 32 heavy (non-hydrogen) atoms. The number of hydrogen-bond donors (Lipinski definition) is 2. The monoisotopic (exact) mass is 433 g/mol. The SMILES string of the molecule is C=C(/C=C\c1nc(C)ccc1C)[C@@H]1CCCCN1C(=O)C(=O)Nc1cncc(C(N)=O)c1. The summed E-state index contributed by atoms with van der Waals surface area (Å²) in [6, 6.07) is 5.06. The van der Waals surface area contributed by atoms with E-state index < -0.39 is 17.7 Å². The molecule has 1 fully saturated rings. The van der Waals surface area contributed by atoms with E-state index in [9.17, 15) is 14.4 Å². The number of amides is 3. The molecule has 1 saturated heterocycles. The second-order valence-corrected chi connectivity index (χ2v) is 7.85. The fourth-order valence-electron chi connectivity index (χ4n) is 3.63. The minimum Gasteiger partial charge on any atom is -0.366 e. The molecule has 8 nitrogen and oxygen atoms in total. The summed E-state index contributed by atoms with van der Waals surface area (Å²) in [5, 5.41) is 2.51. The number of rotatable bonds is 5. The van der Waals surface area contributed by atoms with Crippen LogP contribution in [0.2, 0.25) is 0 Å². The third-order valence-corrected chi connectivity index (χ3v) is 5.40. The number of hydrogen-bond acceptors (Lipinski definition) is 5. The Morgan fingerprint density at radius 3 is 2.75 bits per heavy atom. The number of carbonyl (C=O) groups excluding carboxylic acids is 3. The van der Waals surface area contributed by atoms with Crippen LogP contribution in [0.25, 0.3) is 6.08 Å². The normalized spacial score (nSPS) is 16.1. The number of aromatic nitrogens is 2. The third kappa shape index (κ3) is 5.46. The van der Waals surface area contributed by atoms with Gasteiger partial charge in [-0.05, 0) is 62.5 Å². The van der Waals surface area contributed by atoms with Gasteiger partial charge in [-0.3, -0.25) is 24.4 Å². The molecule has 0 saturated carbocycles. The predicted octanol–water partition coefficient (Wildman–Crippen LogP) is 2.78. The van der Waals surface area contributed by atoms with Crippen LogP contribution in [0.15, 0.2) is 48.8 Å². The van der Waals surface area contributed by atoms with Crippen molar-refractivity contribution in [3.05, 3.63) is 71.3 Å². The van der Waals surface area contributed by atoms with Crippen molar-refractivity contribution in [3.63, 3.8) is 0 Å². The number of aryl methyl sites for hydroxylation is 2. The summed E-state index contributed by atoms with van der Waals surface area (Å²) in [5.74, 6) is -2.12. The van der Waals surface area contributed by atoms with Gasteiger partial charge < -0.3 is 16.0 Å². The van der Waals surface area contributed by atoms with Crippen molar-refractivity contribution in [1.29, 1.82) is 0 Å². The topological polar surface area (TPSA) is 118 Å². The van der Waals surface area contributed by atoms with Gasteiger partial charge in [-0.1, -0.05) is 18.7 Å². The van der Waals surface area contributed by atoms with E-state index in [0.717, 1.165) is 41.8 Å². The molecule has 0 aliphatic carbocycles. The standard InChI is InChI=1S/C24H27N5O3/c1-15-7-9-17(3)27-20(15)10-8-16(2)21-6-4-5-11-29(21)24(32)23(31)28-19-12-18(22(25)30)13-26-14-19/h7-10,12-14,21H,2,4-6,11H2,1,3H3,(H2,25,30)(H,28,31)/b10-8-/t21-/m0/s1. The first-order chi connectivity index (χ1) is 15.3. The Labute approximate surface area is 187 Å². The highest BCUT2D eigenvalue weighted by molar-refractivity contribution is 6.39. The molecule has 3 rings (SSSR count). The third-order valence-electron chi connectivity index (χ3n) is 5.40. The second kappa shape index (κ2) is 10.00. The van der Waals surface area contributed by atoms with Gasteiger partial charge in [0.05, 0.1) is 29.2 Å². The number of nitrogens with one attached hydrogen (secondary N) is 1. The molecule has 3 amide bonds. The van der Waals surface area contributed by atoms with Gasteiger partial charge >= 0.3 is 11.8 Å². The van der Waals surface area contributed by atoms with E-state index in [1.54, 1.807) is 4.90 Å². The van der Waals surface area contributed by atoms with Gasteiger partial charge in [0.1, 0.15) is 0 Å². The summed E-state index contributed by atoms with van der Waals surface area (Å²) in [5.41, 5.74) is 9.17. The fourth-order valence-corrected chi connectivity index (χ4v) is 3.63. The molecule has 0 bridgehead atoms. The van der Waals surface area contributed by atoms with Crippen molar-refractivity contribution < 1.29 is 14.4 Å². The molecule has 0 aromatic carbocycles. The molecule has 2 aromatic heterocycles. The number of primary amides is 1. The zero-order valence-electron chi connectivity index (χ0n) is 18.3. The lowest BCUT2D eigenvalue weighted by Gasteiger charge is -2.35. The van der Waals surface area contributed by atoms with Crippen LogP contribution in [-0.4, -0.2) is 45.2 Å². The van der Waals surface area contributed by atoms with E-state index in [1.165, 1.54) is 18.5 Å². The number of anilines is 1. The zero-order chi connectivity index (χ0) is 23.3. The number of nitrogens with zero attached hydrogens (tertiary/aromatic N) is 3. The highest BCUT2D eigenvalue weighted by Gasteiger charge is 2.31. The van der Waals surface area contributed by atoms with E-state index >= 15 is 0 Å². The number of likely N-dealkylation sites (tertiary alicyclic amines) is 1. The average Bonchev–Trinajstić information content (AvgIpc) is 2.79. The summed E-state index contributed by atoms with van der Waals surface area (Å²) < 4.78 is 0. The Bertz CT molecular complexity index is 1090. The molecular formula is C24H27N5O3. The van der Waals surface area contributed by atoms with Crippen LogP contribution in [0.4, 0.5) is 5.69 Å². The maximum atomic E-state index is 12.9. The molecule has 0 spiro atoms. The van der Waals surface area contributed by atoms with Crippen molar-refractivity contribution in [2.75, 3.05) is 11.9 Å². The molecule has 166 valence electrons. The van der Waals surface area contributed by atoms with Crippen molar-refractivity contribution in [3.8, 4) is 0 Å². The fraction of sp³-hybridized carbons (Fsp3) is 0.292. The molecule has 0 radical (unpaired) electrons. The second-order valence-electron chi connectivity index (χ2n) is 7.85.